The summed E-state index contributed by atoms with van der Waals surface area (Å²) in [6.45, 7) is 1.51. The van der Waals surface area contributed by atoms with Crippen LogP contribution in [-0.4, -0.2) is 45.9 Å². The highest BCUT2D eigenvalue weighted by Gasteiger charge is 2.40. The molecule has 3 unspecified atom stereocenters. The van der Waals surface area contributed by atoms with Crippen LogP contribution in [0.1, 0.15) is 47.6 Å². The number of carbonyl (C=O) groups is 3. The lowest BCUT2D eigenvalue weighted by Gasteiger charge is -2.27. The van der Waals surface area contributed by atoms with Gasteiger partial charge in [-0.05, 0) is 38.0 Å². The van der Waals surface area contributed by atoms with Crippen LogP contribution in [0.4, 0.5) is 24.7 Å². The summed E-state index contributed by atoms with van der Waals surface area (Å²) >= 11 is 6.07. The fraction of sp³-hybridized carbons (Fsp3) is 0.250. The standard InChI is InChI=1S/C32H28ClF3N6O4/c1-18-23(17-46-41-18)26(28(37)43)22(11-7-15-32(34,35)36)30(44)40-29-31(45)42(25-14-13-20(33)16-38-25)24-12-6-5-10-21(24)27(39-29)19-8-3-2-4-9-19/h2-6,8-10,12-14,16-17,22,26,29H,7,11,15H2,1H3,(H2,37,43)(H,40,44). The summed E-state index contributed by atoms with van der Waals surface area (Å²) in [5, 5.41) is 6.68. The molecule has 0 saturated carbocycles. The number of alkyl halides is 3. The minimum Gasteiger partial charge on any atom is -0.369 e. The van der Waals surface area contributed by atoms with Crippen molar-refractivity contribution in [2.24, 2.45) is 16.6 Å². The average Bonchev–Trinajstić information content (AvgIpc) is 3.39. The molecule has 3 atom stereocenters. The lowest BCUT2D eigenvalue weighted by Crippen LogP contribution is -2.49. The molecule has 1 aliphatic heterocycles. The second-order valence-corrected chi connectivity index (χ2v) is 11.1. The van der Waals surface area contributed by atoms with E-state index in [1.807, 2.05) is 6.07 Å². The molecule has 0 aliphatic carbocycles. The molecule has 238 valence electrons. The van der Waals surface area contributed by atoms with Gasteiger partial charge >= 0.3 is 6.18 Å². The monoisotopic (exact) mass is 652 g/mol. The highest BCUT2D eigenvalue weighted by atomic mass is 35.5. The summed E-state index contributed by atoms with van der Waals surface area (Å²) in [6.07, 6.45) is -5.67. The number of nitrogens with zero attached hydrogens (tertiary/aromatic N) is 4. The Kier molecular flexibility index (Phi) is 9.52. The predicted molar refractivity (Wildman–Crippen MR) is 163 cm³/mol. The van der Waals surface area contributed by atoms with Crippen LogP contribution in [0.2, 0.25) is 5.02 Å². The number of benzene rings is 2. The number of anilines is 2. The highest BCUT2D eigenvalue weighted by Crippen LogP contribution is 2.35. The second kappa shape index (κ2) is 13.5. The molecule has 3 amide bonds. The molecule has 3 N–H and O–H groups in total. The Morgan fingerprint density at radius 2 is 1.80 bits per heavy atom. The number of nitrogens with two attached hydrogens (primary N) is 1. The van der Waals surface area contributed by atoms with E-state index in [1.165, 1.54) is 24.1 Å². The summed E-state index contributed by atoms with van der Waals surface area (Å²) in [4.78, 5) is 51.4. The van der Waals surface area contributed by atoms with Gasteiger partial charge in [-0.15, -0.1) is 0 Å². The van der Waals surface area contributed by atoms with Crippen molar-refractivity contribution < 1.29 is 32.1 Å². The number of aliphatic imine (C=N–C) groups is 1. The van der Waals surface area contributed by atoms with E-state index in [0.717, 1.165) is 6.26 Å². The van der Waals surface area contributed by atoms with Gasteiger partial charge in [0.05, 0.1) is 34.0 Å². The van der Waals surface area contributed by atoms with Crippen molar-refractivity contribution in [3.63, 3.8) is 0 Å². The summed E-state index contributed by atoms with van der Waals surface area (Å²) in [7, 11) is 0. The quantitative estimate of drug-likeness (QED) is 0.228. The molecule has 2 aromatic carbocycles. The number of hydrogen-bond acceptors (Lipinski definition) is 7. The van der Waals surface area contributed by atoms with Gasteiger partial charge in [-0.2, -0.15) is 13.2 Å². The van der Waals surface area contributed by atoms with E-state index in [0.29, 0.717) is 27.5 Å². The number of pyridine rings is 1. The third kappa shape index (κ3) is 7.09. The Labute approximate surface area is 266 Å². The van der Waals surface area contributed by atoms with Crippen LogP contribution in [-0.2, 0) is 14.4 Å². The van der Waals surface area contributed by atoms with Gasteiger partial charge in [0.25, 0.3) is 5.91 Å². The second-order valence-electron chi connectivity index (χ2n) is 10.6. The molecule has 0 radical (unpaired) electrons. The minimum absolute atomic E-state index is 0.153. The van der Waals surface area contributed by atoms with Gasteiger partial charge in [-0.3, -0.25) is 19.3 Å². The lowest BCUT2D eigenvalue weighted by molar-refractivity contribution is -0.139. The number of hydrogen-bond donors (Lipinski definition) is 2. The number of nitrogens with one attached hydrogen (secondary N) is 1. The molecule has 2 aromatic heterocycles. The topological polar surface area (TPSA) is 144 Å². The number of rotatable bonds is 10. The molecule has 3 heterocycles. The molecule has 14 heteroatoms. The fourth-order valence-corrected chi connectivity index (χ4v) is 5.51. The molecular formula is C32H28ClF3N6O4. The first-order chi connectivity index (χ1) is 21.9. The zero-order valence-corrected chi connectivity index (χ0v) is 25.1. The van der Waals surface area contributed by atoms with Crippen molar-refractivity contribution in [3.8, 4) is 0 Å². The Morgan fingerprint density at radius 1 is 1.09 bits per heavy atom. The molecule has 46 heavy (non-hydrogen) atoms. The Hall–Kier alpha value is -5.04. The van der Waals surface area contributed by atoms with Crippen LogP contribution < -0.4 is 16.0 Å². The first kappa shape index (κ1) is 32.4. The summed E-state index contributed by atoms with van der Waals surface area (Å²) in [5.41, 5.74) is 8.06. The SMILES string of the molecule is Cc1nocc1C(C(N)=O)C(CCCC(F)(F)F)C(=O)NC1N=C(c2ccccc2)c2ccccc2N(c2ccc(Cl)cn2)C1=O. The van der Waals surface area contributed by atoms with E-state index in [-0.39, 0.29) is 23.5 Å². The molecule has 0 saturated heterocycles. The minimum atomic E-state index is -4.50. The average molecular weight is 653 g/mol. The first-order valence-electron chi connectivity index (χ1n) is 14.2. The van der Waals surface area contributed by atoms with Crippen LogP contribution in [0.25, 0.3) is 0 Å². The van der Waals surface area contributed by atoms with Crippen molar-refractivity contribution in [2.45, 2.75) is 44.4 Å². The van der Waals surface area contributed by atoms with Gasteiger partial charge in [-0.25, -0.2) is 9.98 Å². The number of amides is 3. The summed E-state index contributed by atoms with van der Waals surface area (Å²) in [5.74, 6) is -5.23. The molecular weight excluding hydrogens is 625 g/mol. The number of aromatic nitrogens is 2. The van der Waals surface area contributed by atoms with Crippen molar-refractivity contribution in [1.82, 2.24) is 15.5 Å². The van der Waals surface area contributed by atoms with Crippen LogP contribution in [0, 0.1) is 12.8 Å². The lowest BCUT2D eigenvalue weighted by atomic mass is 9.81. The Morgan fingerprint density at radius 3 is 2.43 bits per heavy atom. The van der Waals surface area contributed by atoms with Crippen molar-refractivity contribution in [3.05, 3.63) is 107 Å². The van der Waals surface area contributed by atoms with Crippen molar-refractivity contribution in [1.29, 1.82) is 0 Å². The zero-order chi connectivity index (χ0) is 33.0. The smallest absolute Gasteiger partial charge is 0.369 e. The molecule has 10 nitrogen and oxygen atoms in total. The highest BCUT2D eigenvalue weighted by molar-refractivity contribution is 6.30. The zero-order valence-electron chi connectivity index (χ0n) is 24.4. The van der Waals surface area contributed by atoms with Gasteiger partial charge in [0, 0.05) is 29.3 Å². The third-order valence-corrected chi connectivity index (χ3v) is 7.75. The van der Waals surface area contributed by atoms with Crippen LogP contribution in [0.15, 0.2) is 88.7 Å². The molecule has 4 aromatic rings. The van der Waals surface area contributed by atoms with E-state index in [4.69, 9.17) is 26.9 Å². The van der Waals surface area contributed by atoms with Crippen molar-refractivity contribution in [2.75, 3.05) is 4.90 Å². The number of benzodiazepines with no additional fused rings is 1. The largest absolute Gasteiger partial charge is 0.389 e. The predicted octanol–water partition coefficient (Wildman–Crippen LogP) is 5.61. The molecule has 5 rings (SSSR count). The molecule has 0 fully saturated rings. The summed E-state index contributed by atoms with van der Waals surface area (Å²) in [6, 6.07) is 19.0. The van der Waals surface area contributed by atoms with Gasteiger partial charge in [0.15, 0.2) is 0 Å². The number of aryl methyl sites for hydroxylation is 1. The van der Waals surface area contributed by atoms with E-state index in [2.05, 4.69) is 15.5 Å². The first-order valence-corrected chi connectivity index (χ1v) is 14.6. The number of fused-ring (bicyclic) bond motifs is 1. The van der Waals surface area contributed by atoms with Crippen molar-refractivity contribution >= 4 is 46.5 Å². The van der Waals surface area contributed by atoms with Gasteiger partial charge in [0.2, 0.25) is 18.0 Å². The number of halogens is 4. The normalized spacial score (nSPS) is 16.2. The van der Waals surface area contributed by atoms with Gasteiger partial charge < -0.3 is 15.6 Å². The number of para-hydroxylation sites is 1. The maximum Gasteiger partial charge on any atom is 0.389 e. The summed E-state index contributed by atoms with van der Waals surface area (Å²) < 4.78 is 44.4. The van der Waals surface area contributed by atoms with Crippen LogP contribution in [0.3, 0.4) is 0 Å². The van der Waals surface area contributed by atoms with E-state index in [1.54, 1.807) is 54.6 Å². The van der Waals surface area contributed by atoms with E-state index in [9.17, 15) is 27.6 Å². The number of carbonyl (C=O) groups excluding carboxylic acids is 3. The van der Waals surface area contributed by atoms with Gasteiger partial charge in [-0.1, -0.05) is 65.3 Å². The Bertz CT molecular complexity index is 1760. The molecule has 0 bridgehead atoms. The third-order valence-electron chi connectivity index (χ3n) is 7.52. The maximum atomic E-state index is 14.3. The van der Waals surface area contributed by atoms with E-state index < -0.39 is 54.7 Å². The molecule has 0 spiro atoms. The number of primary amides is 1. The molecule has 1 aliphatic rings. The van der Waals surface area contributed by atoms with E-state index >= 15 is 0 Å². The fourth-order valence-electron chi connectivity index (χ4n) is 5.40. The van der Waals surface area contributed by atoms with Gasteiger partial charge in [0.1, 0.15) is 12.1 Å². The van der Waals surface area contributed by atoms with Crippen LogP contribution >= 0.6 is 11.6 Å². The maximum absolute atomic E-state index is 14.3. The van der Waals surface area contributed by atoms with Crippen LogP contribution in [0.5, 0.6) is 0 Å². The Balaban J connectivity index is 1.60.